The molecule has 3 heterocycles. The van der Waals surface area contributed by atoms with Gasteiger partial charge in [-0.3, -0.25) is 19.4 Å². The molecule has 0 radical (unpaired) electrons. The molecule has 0 saturated carbocycles. The molecule has 2 saturated heterocycles. The lowest BCUT2D eigenvalue weighted by Crippen LogP contribution is -2.43. The number of carbonyl (C=O) groups is 3. The molecule has 3 rings (SSSR count). The Kier molecular flexibility index (Phi) is 7.54. The summed E-state index contributed by atoms with van der Waals surface area (Å²) in [6.45, 7) is 2.14. The predicted octanol–water partition coefficient (Wildman–Crippen LogP) is 0.237. The largest absolute Gasteiger partial charge is 0.469 e. The molecule has 2 fully saturated rings. The molecule has 2 amide bonds. The van der Waals surface area contributed by atoms with Crippen molar-refractivity contribution in [1.82, 2.24) is 14.8 Å². The lowest BCUT2D eigenvalue weighted by atomic mass is 10.1. The van der Waals surface area contributed by atoms with Gasteiger partial charge in [0.25, 0.3) is 0 Å². The third kappa shape index (κ3) is 5.98. The fraction of sp³-hybridized carbons (Fsp3) is 0.600. The van der Waals surface area contributed by atoms with E-state index in [1.807, 2.05) is 12.1 Å². The summed E-state index contributed by atoms with van der Waals surface area (Å²) in [7, 11) is 1.32. The minimum atomic E-state index is -0.382. The average molecular weight is 405 g/mol. The zero-order chi connectivity index (χ0) is 20.6. The van der Waals surface area contributed by atoms with Gasteiger partial charge < -0.3 is 24.0 Å². The first-order valence-corrected chi connectivity index (χ1v) is 9.78. The number of nitrogens with zero attached hydrogens (tertiary/aromatic N) is 3. The van der Waals surface area contributed by atoms with E-state index in [1.54, 1.807) is 22.2 Å². The van der Waals surface area contributed by atoms with Gasteiger partial charge in [-0.25, -0.2) is 0 Å². The van der Waals surface area contributed by atoms with Gasteiger partial charge in [-0.1, -0.05) is 0 Å². The second-order valence-electron chi connectivity index (χ2n) is 7.23. The number of esters is 1. The second-order valence-corrected chi connectivity index (χ2v) is 7.23. The van der Waals surface area contributed by atoms with Crippen LogP contribution in [-0.4, -0.2) is 85.2 Å². The van der Waals surface area contributed by atoms with Crippen LogP contribution in [0.2, 0.25) is 0 Å². The summed E-state index contributed by atoms with van der Waals surface area (Å²) in [5, 5.41) is 0. The first-order chi connectivity index (χ1) is 14.1. The number of hydrogen-bond acceptors (Lipinski definition) is 7. The van der Waals surface area contributed by atoms with Gasteiger partial charge in [-0.05, 0) is 24.1 Å². The maximum Gasteiger partial charge on any atom is 0.307 e. The van der Waals surface area contributed by atoms with Crippen molar-refractivity contribution in [2.75, 3.05) is 46.5 Å². The second kappa shape index (κ2) is 10.3. The van der Waals surface area contributed by atoms with Crippen molar-refractivity contribution >= 4 is 17.8 Å². The first kappa shape index (κ1) is 21.2. The van der Waals surface area contributed by atoms with Crippen LogP contribution in [0.1, 0.15) is 18.4 Å². The third-order valence-electron chi connectivity index (χ3n) is 5.17. The molecule has 0 spiro atoms. The quantitative estimate of drug-likeness (QED) is 0.599. The van der Waals surface area contributed by atoms with Crippen LogP contribution in [0.25, 0.3) is 0 Å². The molecule has 9 nitrogen and oxygen atoms in total. The smallest absolute Gasteiger partial charge is 0.307 e. The summed E-state index contributed by atoms with van der Waals surface area (Å²) in [6, 6.07) is 3.71. The van der Waals surface area contributed by atoms with Crippen LogP contribution in [0.5, 0.6) is 0 Å². The van der Waals surface area contributed by atoms with E-state index in [-0.39, 0.29) is 49.3 Å². The summed E-state index contributed by atoms with van der Waals surface area (Å²) in [4.78, 5) is 44.3. The minimum Gasteiger partial charge on any atom is -0.469 e. The fourth-order valence-corrected chi connectivity index (χ4v) is 3.48. The summed E-state index contributed by atoms with van der Waals surface area (Å²) >= 11 is 0. The third-order valence-corrected chi connectivity index (χ3v) is 5.17. The van der Waals surface area contributed by atoms with E-state index >= 15 is 0 Å². The summed E-state index contributed by atoms with van der Waals surface area (Å²) in [5.41, 5.74) is 0.957. The number of aromatic nitrogens is 1. The van der Waals surface area contributed by atoms with E-state index in [9.17, 15) is 14.4 Å². The Bertz CT molecular complexity index is 707. The fourth-order valence-electron chi connectivity index (χ4n) is 3.48. The van der Waals surface area contributed by atoms with E-state index in [1.165, 1.54) is 7.11 Å². The van der Waals surface area contributed by atoms with E-state index in [0.717, 1.165) is 5.56 Å². The van der Waals surface area contributed by atoms with Gasteiger partial charge in [0.15, 0.2) is 0 Å². The lowest BCUT2D eigenvalue weighted by molar-refractivity contribution is -0.143. The standard InChI is InChI=1S/C20H27N3O6/c1-27-19(25)4-8-22-10-17(29-13-15-2-6-21-7-3-15)11-23(12-18(22)24)20(26)16-5-9-28-14-16/h2-3,6-7,16-17H,4-5,8-14H2,1H3/t16-,17-/m1/s1. The van der Waals surface area contributed by atoms with Gasteiger partial charge >= 0.3 is 5.97 Å². The average Bonchev–Trinajstić information content (AvgIpc) is 3.23. The molecule has 2 aliphatic heterocycles. The molecule has 158 valence electrons. The van der Waals surface area contributed by atoms with E-state index in [4.69, 9.17) is 9.47 Å². The van der Waals surface area contributed by atoms with Crippen molar-refractivity contribution in [2.45, 2.75) is 25.6 Å². The number of carbonyl (C=O) groups excluding carboxylic acids is 3. The topological polar surface area (TPSA) is 98.3 Å². The molecule has 2 aliphatic rings. The molecular formula is C20H27N3O6. The number of hydrogen-bond donors (Lipinski definition) is 0. The molecule has 2 atom stereocenters. The molecule has 0 aliphatic carbocycles. The minimum absolute atomic E-state index is 0.0222. The predicted molar refractivity (Wildman–Crippen MR) is 102 cm³/mol. The molecule has 1 aromatic rings. The highest BCUT2D eigenvalue weighted by atomic mass is 16.5. The number of amides is 2. The summed E-state index contributed by atoms with van der Waals surface area (Å²) < 4.78 is 16.0. The molecular weight excluding hydrogens is 378 g/mol. The Morgan fingerprint density at radius 2 is 2.07 bits per heavy atom. The van der Waals surface area contributed by atoms with Crippen LogP contribution in [0, 0.1) is 5.92 Å². The highest BCUT2D eigenvalue weighted by Gasteiger charge is 2.35. The number of ether oxygens (including phenoxy) is 3. The molecule has 0 N–H and O–H groups in total. The maximum atomic E-state index is 12.9. The van der Waals surface area contributed by atoms with Crippen molar-refractivity contribution in [2.24, 2.45) is 5.92 Å². The number of pyridine rings is 1. The summed E-state index contributed by atoms with van der Waals surface area (Å²) in [6.07, 6.45) is 3.78. The Hall–Kier alpha value is -2.52. The van der Waals surface area contributed by atoms with E-state index in [2.05, 4.69) is 9.72 Å². The van der Waals surface area contributed by atoms with Crippen LogP contribution in [0.4, 0.5) is 0 Å². The van der Waals surface area contributed by atoms with Crippen molar-refractivity contribution in [3.63, 3.8) is 0 Å². The normalized spacial score (nSPS) is 22.4. The number of rotatable bonds is 7. The van der Waals surface area contributed by atoms with Gasteiger partial charge in [-0.2, -0.15) is 0 Å². The van der Waals surface area contributed by atoms with Gasteiger partial charge in [0.05, 0.1) is 45.3 Å². The zero-order valence-electron chi connectivity index (χ0n) is 16.6. The highest BCUT2D eigenvalue weighted by Crippen LogP contribution is 2.19. The van der Waals surface area contributed by atoms with Gasteiger partial charge in [0.1, 0.15) is 0 Å². The molecule has 0 unspecified atom stereocenters. The molecule has 9 heteroatoms. The van der Waals surface area contributed by atoms with Crippen LogP contribution in [0.3, 0.4) is 0 Å². The van der Waals surface area contributed by atoms with Crippen molar-refractivity contribution in [3.05, 3.63) is 30.1 Å². The van der Waals surface area contributed by atoms with Gasteiger partial charge in [0, 0.05) is 38.6 Å². The van der Waals surface area contributed by atoms with Crippen molar-refractivity contribution < 1.29 is 28.6 Å². The Labute approximate surface area is 169 Å². The van der Waals surface area contributed by atoms with Gasteiger partial charge in [0.2, 0.25) is 11.8 Å². The van der Waals surface area contributed by atoms with E-state index in [0.29, 0.717) is 39.3 Å². The van der Waals surface area contributed by atoms with Crippen molar-refractivity contribution in [3.8, 4) is 0 Å². The van der Waals surface area contributed by atoms with Crippen LogP contribution in [0.15, 0.2) is 24.5 Å². The number of methoxy groups -OCH3 is 1. The summed E-state index contributed by atoms with van der Waals surface area (Å²) in [5.74, 6) is -0.878. The van der Waals surface area contributed by atoms with Gasteiger partial charge in [-0.15, -0.1) is 0 Å². The molecule has 0 bridgehead atoms. The Morgan fingerprint density at radius 1 is 1.28 bits per heavy atom. The monoisotopic (exact) mass is 405 g/mol. The molecule has 1 aromatic heterocycles. The molecule has 29 heavy (non-hydrogen) atoms. The SMILES string of the molecule is COC(=O)CCN1C[C@@H](OCc2ccncc2)CN(C(=O)[C@@H]2CCOC2)CC1=O. The van der Waals surface area contributed by atoms with Crippen LogP contribution >= 0.6 is 0 Å². The maximum absolute atomic E-state index is 12.9. The van der Waals surface area contributed by atoms with Crippen molar-refractivity contribution in [1.29, 1.82) is 0 Å². The molecule has 0 aromatic carbocycles. The Morgan fingerprint density at radius 3 is 2.76 bits per heavy atom. The lowest BCUT2D eigenvalue weighted by Gasteiger charge is -2.25. The first-order valence-electron chi connectivity index (χ1n) is 9.78. The zero-order valence-corrected chi connectivity index (χ0v) is 16.6. The van der Waals surface area contributed by atoms with E-state index < -0.39 is 0 Å². The van der Waals surface area contributed by atoms with Crippen LogP contribution in [-0.2, 0) is 35.2 Å². The highest BCUT2D eigenvalue weighted by molar-refractivity contribution is 5.87. The van der Waals surface area contributed by atoms with Crippen LogP contribution < -0.4 is 0 Å². The Balaban J connectivity index is 1.68.